The molecule has 0 unspecified atom stereocenters. The number of hydrogen-bond acceptors (Lipinski definition) is 3. The SMILES string of the molecule is CCc1cc(Cl)c(S(=O)(=O)Cl)cc1C(=O)O. The van der Waals surface area contributed by atoms with E-state index >= 15 is 0 Å². The van der Waals surface area contributed by atoms with Crippen molar-refractivity contribution in [1.82, 2.24) is 0 Å². The third kappa shape index (κ3) is 2.66. The van der Waals surface area contributed by atoms with Crippen LogP contribution in [0.1, 0.15) is 22.8 Å². The van der Waals surface area contributed by atoms with E-state index in [0.29, 0.717) is 12.0 Å². The molecule has 1 aromatic rings. The summed E-state index contributed by atoms with van der Waals surface area (Å²) < 4.78 is 22.2. The lowest BCUT2D eigenvalue weighted by Crippen LogP contribution is -2.05. The molecular weight excluding hydrogens is 275 g/mol. The van der Waals surface area contributed by atoms with Gasteiger partial charge < -0.3 is 5.11 Å². The van der Waals surface area contributed by atoms with E-state index in [-0.39, 0.29) is 15.5 Å². The smallest absolute Gasteiger partial charge is 0.336 e. The predicted molar refractivity (Wildman–Crippen MR) is 60.8 cm³/mol. The minimum absolute atomic E-state index is 0.0724. The van der Waals surface area contributed by atoms with E-state index in [4.69, 9.17) is 27.4 Å². The van der Waals surface area contributed by atoms with Crippen LogP contribution < -0.4 is 0 Å². The van der Waals surface area contributed by atoms with Crippen LogP contribution in [0.15, 0.2) is 17.0 Å². The summed E-state index contributed by atoms with van der Waals surface area (Å²) in [5, 5.41) is 8.82. The standard InChI is InChI=1S/C9H8Cl2O4S/c1-2-5-3-7(10)8(16(11,14)15)4-6(5)9(12)13/h3-4H,2H2,1H3,(H,12,13). The maximum atomic E-state index is 11.1. The van der Waals surface area contributed by atoms with E-state index in [0.717, 1.165) is 6.07 Å². The molecule has 16 heavy (non-hydrogen) atoms. The molecule has 0 saturated carbocycles. The maximum absolute atomic E-state index is 11.1. The van der Waals surface area contributed by atoms with Crippen molar-refractivity contribution < 1.29 is 18.3 Å². The van der Waals surface area contributed by atoms with Crippen molar-refractivity contribution in [1.29, 1.82) is 0 Å². The highest BCUT2D eigenvalue weighted by atomic mass is 35.7. The van der Waals surface area contributed by atoms with E-state index in [1.807, 2.05) is 0 Å². The molecule has 88 valence electrons. The number of carboxylic acid groups (broad SMARTS) is 1. The molecule has 0 radical (unpaired) electrons. The Morgan fingerprint density at radius 1 is 1.44 bits per heavy atom. The first-order valence-electron chi connectivity index (χ1n) is 4.27. The van der Waals surface area contributed by atoms with Gasteiger partial charge in [0.05, 0.1) is 10.6 Å². The first kappa shape index (κ1) is 13.3. The summed E-state index contributed by atoms with van der Waals surface area (Å²) in [6.45, 7) is 1.74. The first-order valence-corrected chi connectivity index (χ1v) is 6.96. The lowest BCUT2D eigenvalue weighted by atomic mass is 10.1. The van der Waals surface area contributed by atoms with Gasteiger partial charge in [-0.2, -0.15) is 0 Å². The molecular formula is C9H8Cl2O4S. The predicted octanol–water partition coefficient (Wildman–Crippen LogP) is 2.53. The zero-order valence-corrected chi connectivity index (χ0v) is 10.5. The van der Waals surface area contributed by atoms with Gasteiger partial charge in [0.1, 0.15) is 4.90 Å². The molecule has 1 aromatic carbocycles. The molecule has 1 rings (SSSR count). The summed E-state index contributed by atoms with van der Waals surface area (Å²) in [4.78, 5) is 10.5. The number of halogens is 2. The monoisotopic (exact) mass is 282 g/mol. The van der Waals surface area contributed by atoms with Gasteiger partial charge in [-0.25, -0.2) is 13.2 Å². The van der Waals surface area contributed by atoms with Crippen LogP contribution in [0.5, 0.6) is 0 Å². The Labute approximate surface area is 102 Å². The molecule has 0 aliphatic rings. The van der Waals surface area contributed by atoms with Crippen LogP contribution in [0.4, 0.5) is 0 Å². The average Bonchev–Trinajstić information content (AvgIpc) is 2.14. The number of benzene rings is 1. The summed E-state index contributed by atoms with van der Waals surface area (Å²) in [6.07, 6.45) is 0.434. The van der Waals surface area contributed by atoms with Gasteiger partial charge >= 0.3 is 5.97 Å². The first-order chi connectivity index (χ1) is 7.27. The minimum Gasteiger partial charge on any atom is -0.478 e. The maximum Gasteiger partial charge on any atom is 0.336 e. The van der Waals surface area contributed by atoms with Crippen molar-refractivity contribution in [2.45, 2.75) is 18.2 Å². The van der Waals surface area contributed by atoms with Gasteiger partial charge in [0.25, 0.3) is 9.05 Å². The molecule has 0 saturated heterocycles. The van der Waals surface area contributed by atoms with E-state index in [1.54, 1.807) is 6.92 Å². The molecule has 1 N–H and O–H groups in total. The van der Waals surface area contributed by atoms with Gasteiger partial charge in [-0.1, -0.05) is 18.5 Å². The fourth-order valence-electron chi connectivity index (χ4n) is 1.27. The highest BCUT2D eigenvalue weighted by Crippen LogP contribution is 2.28. The molecule has 0 heterocycles. The second-order valence-electron chi connectivity index (χ2n) is 3.04. The van der Waals surface area contributed by atoms with E-state index in [1.165, 1.54) is 6.07 Å². The average molecular weight is 283 g/mol. The number of carbonyl (C=O) groups is 1. The normalized spacial score (nSPS) is 11.4. The van der Waals surface area contributed by atoms with E-state index in [2.05, 4.69) is 0 Å². The van der Waals surface area contributed by atoms with Crippen molar-refractivity contribution >= 4 is 37.3 Å². The lowest BCUT2D eigenvalue weighted by Gasteiger charge is -2.07. The van der Waals surface area contributed by atoms with Gasteiger partial charge in [-0.15, -0.1) is 0 Å². The second-order valence-corrected chi connectivity index (χ2v) is 5.98. The van der Waals surface area contributed by atoms with Crippen LogP contribution in [0.25, 0.3) is 0 Å². The summed E-state index contributed by atoms with van der Waals surface area (Å²) in [5.74, 6) is -1.21. The lowest BCUT2D eigenvalue weighted by molar-refractivity contribution is 0.0695. The molecule has 0 fully saturated rings. The Kier molecular flexibility index (Phi) is 3.83. The Hall–Kier alpha value is -0.780. The topological polar surface area (TPSA) is 71.4 Å². The van der Waals surface area contributed by atoms with E-state index < -0.39 is 15.0 Å². The summed E-state index contributed by atoms with van der Waals surface area (Å²) in [6, 6.07) is 2.28. The number of rotatable bonds is 3. The van der Waals surface area contributed by atoms with Crippen LogP contribution in [0.2, 0.25) is 5.02 Å². The van der Waals surface area contributed by atoms with Crippen molar-refractivity contribution in [3.05, 3.63) is 28.3 Å². The van der Waals surface area contributed by atoms with Gasteiger partial charge in [0.2, 0.25) is 0 Å². The van der Waals surface area contributed by atoms with Crippen LogP contribution in [-0.2, 0) is 15.5 Å². The molecule has 0 aliphatic carbocycles. The fourth-order valence-corrected chi connectivity index (χ4v) is 2.82. The number of hydrogen-bond donors (Lipinski definition) is 1. The molecule has 0 aliphatic heterocycles. The van der Waals surface area contributed by atoms with Gasteiger partial charge in [0, 0.05) is 10.7 Å². The number of carboxylic acids is 1. The van der Waals surface area contributed by atoms with Crippen molar-refractivity contribution in [3.8, 4) is 0 Å². The third-order valence-electron chi connectivity index (χ3n) is 2.03. The summed E-state index contributed by atoms with van der Waals surface area (Å²) in [7, 11) is 1.09. The van der Waals surface area contributed by atoms with Crippen LogP contribution >= 0.6 is 22.3 Å². The molecule has 4 nitrogen and oxygen atoms in total. The Morgan fingerprint density at radius 2 is 2.00 bits per heavy atom. The van der Waals surface area contributed by atoms with E-state index in [9.17, 15) is 13.2 Å². The van der Waals surface area contributed by atoms with Crippen LogP contribution in [0.3, 0.4) is 0 Å². The van der Waals surface area contributed by atoms with Gasteiger partial charge in [0.15, 0.2) is 0 Å². The number of aryl methyl sites for hydroxylation is 1. The fraction of sp³-hybridized carbons (Fsp3) is 0.222. The highest BCUT2D eigenvalue weighted by Gasteiger charge is 2.20. The molecule has 0 bridgehead atoms. The quantitative estimate of drug-likeness (QED) is 0.865. The summed E-state index contributed by atoms with van der Waals surface area (Å²) >= 11 is 5.71. The Morgan fingerprint density at radius 3 is 2.38 bits per heavy atom. The molecule has 0 aromatic heterocycles. The molecule has 0 atom stereocenters. The second kappa shape index (κ2) is 4.61. The molecule has 0 spiro atoms. The minimum atomic E-state index is -4.04. The zero-order valence-electron chi connectivity index (χ0n) is 8.20. The van der Waals surface area contributed by atoms with Gasteiger partial charge in [-0.05, 0) is 24.1 Å². The molecule has 0 amide bonds. The van der Waals surface area contributed by atoms with Crippen LogP contribution in [0, 0.1) is 0 Å². The van der Waals surface area contributed by atoms with Crippen LogP contribution in [-0.4, -0.2) is 19.5 Å². The highest BCUT2D eigenvalue weighted by molar-refractivity contribution is 8.13. The largest absolute Gasteiger partial charge is 0.478 e. The van der Waals surface area contributed by atoms with Gasteiger partial charge in [-0.3, -0.25) is 0 Å². The van der Waals surface area contributed by atoms with Crippen molar-refractivity contribution in [2.75, 3.05) is 0 Å². The Balaban J connectivity index is 3.58. The van der Waals surface area contributed by atoms with Crippen molar-refractivity contribution in [3.63, 3.8) is 0 Å². The Bertz CT molecular complexity index is 537. The number of aromatic carboxylic acids is 1. The third-order valence-corrected chi connectivity index (χ3v) is 3.82. The van der Waals surface area contributed by atoms with Crippen molar-refractivity contribution in [2.24, 2.45) is 0 Å². The molecule has 7 heteroatoms. The zero-order chi connectivity index (χ0) is 12.5. The summed E-state index contributed by atoms with van der Waals surface area (Å²) in [5.41, 5.74) is 0.354.